The van der Waals surface area contributed by atoms with Crippen molar-refractivity contribution in [1.82, 2.24) is 4.98 Å². The minimum Gasteiger partial charge on any atom is -0.494 e. The summed E-state index contributed by atoms with van der Waals surface area (Å²) in [6, 6.07) is 16.3. The van der Waals surface area contributed by atoms with E-state index in [1.54, 1.807) is 11.3 Å². The van der Waals surface area contributed by atoms with Gasteiger partial charge in [-0.2, -0.15) is 0 Å². The predicted molar refractivity (Wildman–Crippen MR) is 98.9 cm³/mol. The van der Waals surface area contributed by atoms with Crippen molar-refractivity contribution in [3.05, 3.63) is 48.5 Å². The lowest BCUT2D eigenvalue weighted by Crippen LogP contribution is -1.90. The summed E-state index contributed by atoms with van der Waals surface area (Å²) in [6.07, 6.45) is 0. The standard InChI is InChI=1S/C15H13NOS.2C2H6/c1-2-17-12-9-7-11(8-10-12)15-16-13-5-3-4-6-14(13)18-15;2*1-2/h3-10H,2H2,1H3;2*1-2H3. The lowest BCUT2D eigenvalue weighted by Gasteiger charge is -2.02. The summed E-state index contributed by atoms with van der Waals surface area (Å²) >= 11 is 1.72. The summed E-state index contributed by atoms with van der Waals surface area (Å²) in [7, 11) is 0. The summed E-state index contributed by atoms with van der Waals surface area (Å²) < 4.78 is 6.66. The van der Waals surface area contributed by atoms with Crippen LogP contribution in [0.3, 0.4) is 0 Å². The SMILES string of the molecule is CC.CC.CCOc1ccc(-c2nc3ccccc3s2)cc1. The molecule has 0 aliphatic heterocycles. The monoisotopic (exact) mass is 315 g/mol. The van der Waals surface area contributed by atoms with Crippen molar-refractivity contribution in [2.75, 3.05) is 6.61 Å². The number of nitrogens with zero attached hydrogens (tertiary/aromatic N) is 1. The largest absolute Gasteiger partial charge is 0.494 e. The van der Waals surface area contributed by atoms with Crippen molar-refractivity contribution >= 4 is 21.6 Å². The molecule has 0 spiro atoms. The number of aromatic nitrogens is 1. The van der Waals surface area contributed by atoms with E-state index in [9.17, 15) is 0 Å². The van der Waals surface area contributed by atoms with E-state index in [-0.39, 0.29) is 0 Å². The van der Waals surface area contributed by atoms with Gasteiger partial charge in [0.25, 0.3) is 0 Å². The Kier molecular flexibility index (Phi) is 8.23. The molecule has 2 nitrogen and oxygen atoms in total. The number of para-hydroxylation sites is 1. The zero-order chi connectivity index (χ0) is 16.4. The fraction of sp³-hybridized carbons (Fsp3) is 0.316. The minimum atomic E-state index is 0.695. The second kappa shape index (κ2) is 9.96. The molecule has 1 aromatic heterocycles. The molecule has 0 amide bonds. The number of hydrogen-bond acceptors (Lipinski definition) is 3. The van der Waals surface area contributed by atoms with Gasteiger partial charge in [-0.3, -0.25) is 0 Å². The molecule has 2 aromatic carbocycles. The lowest BCUT2D eigenvalue weighted by molar-refractivity contribution is 0.340. The molecule has 0 atom stereocenters. The summed E-state index contributed by atoms with van der Waals surface area (Å²) in [5.41, 5.74) is 2.20. The van der Waals surface area contributed by atoms with E-state index in [2.05, 4.69) is 23.2 Å². The van der Waals surface area contributed by atoms with E-state index >= 15 is 0 Å². The van der Waals surface area contributed by atoms with Crippen molar-refractivity contribution in [3.8, 4) is 16.3 Å². The fourth-order valence-corrected chi connectivity index (χ4v) is 2.83. The van der Waals surface area contributed by atoms with Gasteiger partial charge in [0.15, 0.2) is 0 Å². The number of hydrogen-bond donors (Lipinski definition) is 0. The molecule has 118 valence electrons. The van der Waals surface area contributed by atoms with Gasteiger partial charge in [-0.1, -0.05) is 39.8 Å². The Hall–Kier alpha value is -1.87. The molecular formula is C19H25NOS. The highest BCUT2D eigenvalue weighted by molar-refractivity contribution is 7.21. The van der Waals surface area contributed by atoms with E-state index in [0.29, 0.717) is 6.61 Å². The van der Waals surface area contributed by atoms with Gasteiger partial charge >= 0.3 is 0 Å². The quantitative estimate of drug-likeness (QED) is 0.556. The Balaban J connectivity index is 0.000000561. The molecule has 0 N–H and O–H groups in total. The Morgan fingerprint density at radius 2 is 1.55 bits per heavy atom. The molecule has 0 fully saturated rings. The molecule has 3 heteroatoms. The van der Waals surface area contributed by atoms with Crippen LogP contribution in [0.5, 0.6) is 5.75 Å². The van der Waals surface area contributed by atoms with Gasteiger partial charge in [0.2, 0.25) is 0 Å². The van der Waals surface area contributed by atoms with Crippen LogP contribution in [0.4, 0.5) is 0 Å². The first-order chi connectivity index (χ1) is 10.9. The number of thiazole rings is 1. The summed E-state index contributed by atoms with van der Waals surface area (Å²) in [5, 5.41) is 1.05. The molecule has 22 heavy (non-hydrogen) atoms. The second-order valence-electron chi connectivity index (χ2n) is 3.94. The van der Waals surface area contributed by atoms with Gasteiger partial charge in [0.1, 0.15) is 10.8 Å². The maximum Gasteiger partial charge on any atom is 0.124 e. The molecule has 3 aromatic rings. The predicted octanol–water partition coefficient (Wildman–Crippen LogP) is 6.41. The molecule has 3 rings (SSSR count). The Morgan fingerprint density at radius 1 is 0.909 bits per heavy atom. The van der Waals surface area contributed by atoms with Gasteiger partial charge < -0.3 is 4.74 Å². The van der Waals surface area contributed by atoms with Crippen molar-refractivity contribution in [2.45, 2.75) is 34.6 Å². The maximum atomic E-state index is 5.44. The number of fused-ring (bicyclic) bond motifs is 1. The van der Waals surface area contributed by atoms with E-state index < -0.39 is 0 Å². The zero-order valence-corrected chi connectivity index (χ0v) is 14.9. The first kappa shape index (κ1) is 18.2. The lowest BCUT2D eigenvalue weighted by atomic mass is 10.2. The Labute approximate surface area is 137 Å². The molecule has 0 saturated heterocycles. The first-order valence-electron chi connectivity index (χ1n) is 7.95. The van der Waals surface area contributed by atoms with Crippen molar-refractivity contribution < 1.29 is 4.74 Å². The molecule has 0 saturated carbocycles. The number of ether oxygens (including phenoxy) is 1. The van der Waals surface area contributed by atoms with Gasteiger partial charge in [-0.15, -0.1) is 11.3 Å². The smallest absolute Gasteiger partial charge is 0.124 e. The highest BCUT2D eigenvalue weighted by atomic mass is 32.1. The van der Waals surface area contributed by atoms with Gasteiger partial charge in [0, 0.05) is 5.56 Å². The van der Waals surface area contributed by atoms with Crippen molar-refractivity contribution in [2.24, 2.45) is 0 Å². The van der Waals surface area contributed by atoms with E-state index in [4.69, 9.17) is 4.74 Å². The fourth-order valence-electron chi connectivity index (χ4n) is 1.86. The van der Waals surface area contributed by atoms with Crippen LogP contribution in [0.2, 0.25) is 0 Å². The topological polar surface area (TPSA) is 22.1 Å². The van der Waals surface area contributed by atoms with Crippen LogP contribution in [-0.2, 0) is 0 Å². The summed E-state index contributed by atoms with van der Waals surface area (Å²) in [6.45, 7) is 10.7. The average Bonchev–Trinajstić information content (AvgIpc) is 3.03. The van der Waals surface area contributed by atoms with Crippen LogP contribution < -0.4 is 4.74 Å². The minimum absolute atomic E-state index is 0.695. The Bertz CT molecular complexity index is 626. The molecular weight excluding hydrogens is 290 g/mol. The van der Waals surface area contributed by atoms with E-state index in [1.165, 1.54) is 4.70 Å². The molecule has 0 unspecified atom stereocenters. The summed E-state index contributed by atoms with van der Waals surface area (Å²) in [5.74, 6) is 0.905. The van der Waals surface area contributed by atoms with Crippen molar-refractivity contribution in [3.63, 3.8) is 0 Å². The highest BCUT2D eigenvalue weighted by Gasteiger charge is 2.05. The Morgan fingerprint density at radius 3 is 2.14 bits per heavy atom. The van der Waals surface area contributed by atoms with Gasteiger partial charge in [-0.25, -0.2) is 4.98 Å². The molecule has 0 bridgehead atoms. The van der Waals surface area contributed by atoms with E-state index in [0.717, 1.165) is 21.8 Å². The van der Waals surface area contributed by atoms with Crippen LogP contribution in [0.1, 0.15) is 34.6 Å². The van der Waals surface area contributed by atoms with Crippen LogP contribution in [0, 0.1) is 0 Å². The molecule has 1 heterocycles. The maximum absolute atomic E-state index is 5.44. The average molecular weight is 315 g/mol. The van der Waals surface area contributed by atoms with Gasteiger partial charge in [-0.05, 0) is 43.3 Å². The normalized spacial score (nSPS) is 9.32. The molecule has 0 aliphatic rings. The third kappa shape index (κ3) is 4.57. The third-order valence-corrected chi connectivity index (χ3v) is 3.79. The van der Waals surface area contributed by atoms with Crippen LogP contribution in [-0.4, -0.2) is 11.6 Å². The summed E-state index contributed by atoms with van der Waals surface area (Å²) in [4.78, 5) is 4.64. The highest BCUT2D eigenvalue weighted by Crippen LogP contribution is 2.30. The van der Waals surface area contributed by atoms with Crippen molar-refractivity contribution in [1.29, 1.82) is 0 Å². The van der Waals surface area contributed by atoms with Crippen LogP contribution >= 0.6 is 11.3 Å². The van der Waals surface area contributed by atoms with Gasteiger partial charge in [0.05, 0.1) is 16.8 Å². The zero-order valence-electron chi connectivity index (χ0n) is 14.1. The number of rotatable bonds is 3. The van der Waals surface area contributed by atoms with Crippen LogP contribution in [0.15, 0.2) is 48.5 Å². The molecule has 0 aliphatic carbocycles. The van der Waals surface area contributed by atoms with Crippen LogP contribution in [0.25, 0.3) is 20.8 Å². The first-order valence-corrected chi connectivity index (χ1v) is 8.77. The second-order valence-corrected chi connectivity index (χ2v) is 4.97. The van der Waals surface area contributed by atoms with E-state index in [1.807, 2.05) is 65.0 Å². The number of benzene rings is 2. The molecule has 0 radical (unpaired) electrons. The third-order valence-electron chi connectivity index (χ3n) is 2.71.